The summed E-state index contributed by atoms with van der Waals surface area (Å²) < 4.78 is 12.3. The van der Waals surface area contributed by atoms with Gasteiger partial charge in [-0.25, -0.2) is 19.7 Å². The third-order valence-corrected chi connectivity index (χ3v) is 6.40. The number of nitrogens with zero attached hydrogens (tertiary/aromatic N) is 5. The molecule has 1 saturated heterocycles. The van der Waals surface area contributed by atoms with E-state index < -0.39 is 30.6 Å². The Labute approximate surface area is 231 Å². The number of aliphatic hydroxyl groups excluding tert-OH is 2. The van der Waals surface area contributed by atoms with Crippen LogP contribution in [-0.2, 0) is 26.5 Å². The summed E-state index contributed by atoms with van der Waals surface area (Å²) >= 11 is 1.22. The zero-order valence-electron chi connectivity index (χ0n) is 19.8. The molecule has 10 radical (unpaired) electrons. The second-order valence-corrected chi connectivity index (χ2v) is 8.70. The van der Waals surface area contributed by atoms with E-state index in [1.807, 2.05) is 57.8 Å². The first-order valence-corrected chi connectivity index (χ1v) is 12.2. The smallest absolute Gasteiger partial charge is 0.448 e. The number of carbonyl (C=O) groups is 1. The van der Waals surface area contributed by atoms with Crippen molar-refractivity contribution in [1.82, 2.24) is 19.5 Å². The van der Waals surface area contributed by atoms with Crippen LogP contribution in [-0.4, -0.2) is 71.5 Å². The Morgan fingerprint density at radius 2 is 1.78 bits per heavy atom. The van der Waals surface area contributed by atoms with Gasteiger partial charge in [0.25, 0.3) is 0 Å². The van der Waals surface area contributed by atoms with Gasteiger partial charge in [-0.2, -0.15) is 4.99 Å². The van der Waals surface area contributed by atoms with Crippen molar-refractivity contribution in [3.8, 4) is 0 Å². The van der Waals surface area contributed by atoms with E-state index >= 15 is 0 Å². The number of aliphatic hydroxyl groups is 2. The quantitative estimate of drug-likeness (QED) is 0.277. The van der Waals surface area contributed by atoms with Gasteiger partial charge in [-0.3, -0.25) is 4.57 Å². The largest absolute Gasteiger partial charge is 2.00 e. The third-order valence-electron chi connectivity index (χ3n) is 5.31. The topological polar surface area (TPSA) is 158 Å². The van der Waals surface area contributed by atoms with E-state index in [0.29, 0.717) is 16.2 Å². The number of amides is 1. The van der Waals surface area contributed by atoms with Gasteiger partial charge in [0.1, 0.15) is 24.1 Å². The fourth-order valence-corrected chi connectivity index (χ4v) is 4.61. The summed E-state index contributed by atoms with van der Waals surface area (Å²) in [5.41, 5.74) is 6.58. The average molecular weight is 566 g/mol. The monoisotopic (exact) mass is 566 g/mol. The van der Waals surface area contributed by atoms with Crippen molar-refractivity contribution in [3.63, 3.8) is 0 Å². The van der Waals surface area contributed by atoms with Crippen molar-refractivity contribution in [1.29, 1.82) is 0 Å². The van der Waals surface area contributed by atoms with Gasteiger partial charge in [-0.15, -0.1) is 11.8 Å². The molecule has 2 aliphatic carbocycles. The molecule has 11 nitrogen and oxygen atoms in total. The Bertz CT molecular complexity index is 1040. The van der Waals surface area contributed by atoms with Crippen LogP contribution >= 0.6 is 11.8 Å². The van der Waals surface area contributed by atoms with Crippen molar-refractivity contribution in [2.45, 2.75) is 31.5 Å². The van der Waals surface area contributed by atoms with Gasteiger partial charge in [0.15, 0.2) is 17.7 Å². The number of thioether (sulfide) groups is 1. The molecule has 3 fully saturated rings. The Hall–Kier alpha value is -1.76. The molecule has 4 N–H and O–H groups in total. The van der Waals surface area contributed by atoms with Gasteiger partial charge in [-0.05, 0) is 64.7 Å². The number of imidazole rings is 1. The number of nitrogens with two attached hydrogens (primary N) is 1. The summed E-state index contributed by atoms with van der Waals surface area (Å²) in [7, 11) is 0. The molecular weight excluding hydrogens is 540 g/mol. The van der Waals surface area contributed by atoms with Gasteiger partial charge in [0.2, 0.25) is 0 Å². The predicted molar refractivity (Wildman–Crippen MR) is 135 cm³/mol. The Kier molecular flexibility index (Phi) is 11.6. The van der Waals surface area contributed by atoms with Crippen molar-refractivity contribution in [2.75, 3.05) is 18.1 Å². The standard InChI is InChI=1S/C19H21N6O5S.C5H5.Fe/c1-2-29-19(28)24-17(10-5-3-4-6-10)31-7-11-13(26)14(27)18(30-11)25-9-23-12-15(20)21-8-22-16(12)25;1-2-4-5-3-1;/h3-6,8-9,11,13-14,18,26-27H,2,7H2,1H3,(H2,20,21,22);1-5H;/q;;+2/b24-17+;;/t11-,13-,14-,18-;;/m1../s1. The SMILES string of the molecule is CCOC(=O)/N=C(/SC[C@H]1O[C@@H](n2cnc3c(N)ncnc32)[C@H](O)[C@@H]1O)[C]1[CH][CH][CH][CH]1.[CH]1[CH][CH][CH][CH]1.[Fe+2]. The number of hydrogen-bond acceptors (Lipinski definition) is 10. The molecule has 0 spiro atoms. The molecule has 194 valence electrons. The van der Waals surface area contributed by atoms with E-state index in [-0.39, 0.29) is 35.2 Å². The number of anilines is 1. The number of rotatable bonds is 5. The zero-order chi connectivity index (χ0) is 25.5. The summed E-state index contributed by atoms with van der Waals surface area (Å²) in [5.74, 6) is 1.19. The Morgan fingerprint density at radius 3 is 2.43 bits per heavy atom. The average Bonchev–Trinajstić information content (AvgIpc) is 3.68. The minimum Gasteiger partial charge on any atom is -0.448 e. The molecule has 3 aliphatic rings. The molecule has 1 amide bonds. The van der Waals surface area contributed by atoms with Crippen molar-refractivity contribution in [2.24, 2.45) is 4.99 Å². The summed E-state index contributed by atoms with van der Waals surface area (Å²) in [4.78, 5) is 28.1. The van der Waals surface area contributed by atoms with Gasteiger partial charge in [0.05, 0.1) is 24.1 Å². The van der Waals surface area contributed by atoms with Crippen LogP contribution in [0.4, 0.5) is 10.6 Å². The fourth-order valence-electron chi connectivity index (χ4n) is 3.57. The molecule has 2 aromatic rings. The first-order valence-electron chi connectivity index (χ1n) is 11.2. The van der Waals surface area contributed by atoms with Gasteiger partial charge < -0.3 is 25.4 Å². The van der Waals surface area contributed by atoms with Gasteiger partial charge in [-0.1, -0.05) is 0 Å². The molecule has 0 bridgehead atoms. The minimum absolute atomic E-state index is 0. The maximum absolute atomic E-state index is 11.8. The van der Waals surface area contributed by atoms with Crippen LogP contribution in [0.2, 0.25) is 0 Å². The number of carbonyl (C=O) groups excluding carboxylic acids is 1. The molecule has 2 aromatic heterocycles. The maximum atomic E-state index is 11.8. The van der Waals surface area contributed by atoms with Crippen LogP contribution in [0.15, 0.2) is 17.6 Å². The van der Waals surface area contributed by atoms with Crippen molar-refractivity contribution in [3.05, 3.63) is 76.4 Å². The molecule has 0 unspecified atom stereocenters. The number of fused-ring (bicyclic) bond motifs is 1. The van der Waals surface area contributed by atoms with E-state index in [9.17, 15) is 15.0 Å². The van der Waals surface area contributed by atoms with E-state index in [0.717, 1.165) is 5.92 Å². The number of aliphatic imine (C=N–C) groups is 1. The number of nitrogen functional groups attached to an aromatic ring is 1. The molecule has 1 aliphatic heterocycles. The zero-order valence-corrected chi connectivity index (χ0v) is 21.7. The van der Waals surface area contributed by atoms with Crippen LogP contribution in [0, 0.1) is 63.7 Å². The van der Waals surface area contributed by atoms with E-state index in [2.05, 4.69) is 19.9 Å². The number of ether oxygens (including phenoxy) is 2. The maximum Gasteiger partial charge on any atom is 2.00 e. The van der Waals surface area contributed by atoms with Crippen LogP contribution in [0.3, 0.4) is 0 Å². The predicted octanol–water partition coefficient (Wildman–Crippen LogP) is 1.74. The molecule has 13 heteroatoms. The Balaban J connectivity index is 0.000000568. The van der Waals surface area contributed by atoms with Gasteiger partial charge in [0, 0.05) is 11.7 Å². The molecule has 5 rings (SSSR count). The first kappa shape index (κ1) is 29.8. The first-order chi connectivity index (χ1) is 17.5. The van der Waals surface area contributed by atoms with Crippen LogP contribution in [0.5, 0.6) is 0 Å². The van der Waals surface area contributed by atoms with Crippen molar-refractivity contribution < 1.29 is 41.5 Å². The summed E-state index contributed by atoms with van der Waals surface area (Å²) in [6, 6.07) is 0. The van der Waals surface area contributed by atoms with Crippen molar-refractivity contribution >= 4 is 39.9 Å². The van der Waals surface area contributed by atoms with E-state index in [1.54, 1.807) is 6.92 Å². The van der Waals surface area contributed by atoms with Crippen LogP contribution in [0.1, 0.15) is 13.2 Å². The van der Waals surface area contributed by atoms with Gasteiger partial charge >= 0.3 is 23.2 Å². The number of aromatic nitrogens is 4. The van der Waals surface area contributed by atoms with E-state index in [4.69, 9.17) is 15.2 Å². The van der Waals surface area contributed by atoms with Crippen LogP contribution in [0.25, 0.3) is 11.2 Å². The number of hydrogen-bond donors (Lipinski definition) is 3. The van der Waals surface area contributed by atoms with Crippen LogP contribution < -0.4 is 5.73 Å². The molecule has 3 heterocycles. The summed E-state index contributed by atoms with van der Waals surface area (Å²) in [6.45, 7) is 1.91. The Morgan fingerprint density at radius 1 is 1.11 bits per heavy atom. The second kappa shape index (κ2) is 14.4. The summed E-state index contributed by atoms with van der Waals surface area (Å²) in [6.07, 6.45) is 15.3. The third kappa shape index (κ3) is 7.42. The second-order valence-electron chi connectivity index (χ2n) is 7.69. The fraction of sp³-hybridized carbons (Fsp3) is 0.292. The molecule has 4 atom stereocenters. The molecular formula is C24H26FeN6O5S+2. The van der Waals surface area contributed by atoms with E-state index in [1.165, 1.54) is 29.0 Å². The summed E-state index contributed by atoms with van der Waals surface area (Å²) in [5, 5.41) is 21.6. The normalized spacial score (nSPS) is 26.1. The molecule has 2 saturated carbocycles. The molecule has 37 heavy (non-hydrogen) atoms. The molecule has 0 aromatic carbocycles. The minimum atomic E-state index is -1.22.